The summed E-state index contributed by atoms with van der Waals surface area (Å²) in [6, 6.07) is 9.25. The van der Waals surface area contributed by atoms with Gasteiger partial charge in [-0.15, -0.1) is 0 Å². The molecule has 1 fully saturated rings. The van der Waals surface area contributed by atoms with Gasteiger partial charge < -0.3 is 15.0 Å². The van der Waals surface area contributed by atoms with Crippen LogP contribution in [0.15, 0.2) is 42.7 Å². The Morgan fingerprint density at radius 2 is 1.89 bits per heavy atom. The minimum atomic E-state index is -0.104. The summed E-state index contributed by atoms with van der Waals surface area (Å²) in [5.41, 5.74) is 1.90. The van der Waals surface area contributed by atoms with E-state index >= 15 is 0 Å². The van der Waals surface area contributed by atoms with Crippen molar-refractivity contribution in [3.63, 3.8) is 0 Å². The van der Waals surface area contributed by atoms with Crippen molar-refractivity contribution in [2.24, 2.45) is 0 Å². The number of aromatic nitrogens is 1. The fourth-order valence-corrected chi connectivity index (χ4v) is 3.21. The van der Waals surface area contributed by atoms with Crippen LogP contribution in [-0.4, -0.2) is 53.1 Å². The maximum absolute atomic E-state index is 12.5. The van der Waals surface area contributed by atoms with Gasteiger partial charge in [0.05, 0.1) is 11.1 Å². The Morgan fingerprint density at radius 3 is 2.52 bits per heavy atom. The maximum atomic E-state index is 12.5. The first-order valence-corrected chi connectivity index (χ1v) is 9.52. The van der Waals surface area contributed by atoms with Crippen molar-refractivity contribution in [1.82, 2.24) is 14.8 Å². The summed E-state index contributed by atoms with van der Waals surface area (Å²) in [4.78, 5) is 20.7. The van der Waals surface area contributed by atoms with Crippen molar-refractivity contribution in [3.05, 3.63) is 53.3 Å². The van der Waals surface area contributed by atoms with Crippen LogP contribution < -0.4 is 10.1 Å². The van der Waals surface area contributed by atoms with Crippen molar-refractivity contribution < 1.29 is 9.53 Å². The van der Waals surface area contributed by atoms with Gasteiger partial charge in [-0.1, -0.05) is 11.6 Å². The summed E-state index contributed by atoms with van der Waals surface area (Å²) in [6.45, 7) is 7.85. The average molecular weight is 389 g/mol. The van der Waals surface area contributed by atoms with E-state index in [0.717, 1.165) is 19.6 Å². The van der Waals surface area contributed by atoms with Gasteiger partial charge in [0.1, 0.15) is 5.75 Å². The first kappa shape index (κ1) is 19.5. The van der Waals surface area contributed by atoms with E-state index in [1.54, 1.807) is 18.2 Å². The van der Waals surface area contributed by atoms with Gasteiger partial charge in [-0.25, -0.2) is 4.79 Å². The number of nitrogens with one attached hydrogen (secondary N) is 1. The highest BCUT2D eigenvalue weighted by Crippen LogP contribution is 2.28. The topological polar surface area (TPSA) is 57.7 Å². The molecule has 2 heterocycles. The Hall–Kier alpha value is -2.31. The summed E-state index contributed by atoms with van der Waals surface area (Å²) in [5, 5.41) is 3.41. The lowest BCUT2D eigenvalue weighted by Gasteiger charge is -2.34. The van der Waals surface area contributed by atoms with E-state index in [4.69, 9.17) is 16.3 Å². The van der Waals surface area contributed by atoms with E-state index in [1.807, 2.05) is 43.3 Å². The Labute approximate surface area is 165 Å². The zero-order chi connectivity index (χ0) is 19.2. The summed E-state index contributed by atoms with van der Waals surface area (Å²) in [5.74, 6) is 0.620. The van der Waals surface area contributed by atoms with E-state index in [1.165, 1.54) is 5.56 Å². The van der Waals surface area contributed by atoms with Gasteiger partial charge in [-0.2, -0.15) is 0 Å². The second kappa shape index (κ2) is 9.06. The molecule has 3 rings (SSSR count). The largest absolute Gasteiger partial charge is 0.489 e. The van der Waals surface area contributed by atoms with Crippen molar-refractivity contribution in [2.75, 3.05) is 31.5 Å². The fourth-order valence-electron chi connectivity index (χ4n) is 2.99. The molecule has 7 heteroatoms. The molecule has 0 atom stereocenters. The molecule has 6 nitrogen and oxygen atoms in total. The molecule has 2 amide bonds. The predicted octanol–water partition coefficient (Wildman–Crippen LogP) is 3.87. The van der Waals surface area contributed by atoms with Crippen LogP contribution in [0.25, 0.3) is 0 Å². The summed E-state index contributed by atoms with van der Waals surface area (Å²) in [6.07, 6.45) is 3.66. The van der Waals surface area contributed by atoms with Gasteiger partial charge in [0.25, 0.3) is 0 Å². The Bertz CT molecular complexity index is 762. The highest BCUT2D eigenvalue weighted by atomic mass is 35.5. The number of piperazine rings is 1. The highest BCUT2D eigenvalue weighted by Gasteiger charge is 2.21. The van der Waals surface area contributed by atoms with Crippen LogP contribution in [0, 0.1) is 0 Å². The normalized spacial score (nSPS) is 15.0. The predicted molar refractivity (Wildman–Crippen MR) is 107 cm³/mol. The molecule has 2 aromatic rings. The van der Waals surface area contributed by atoms with E-state index in [2.05, 4.69) is 15.2 Å². The number of hydrogen-bond acceptors (Lipinski definition) is 4. The molecule has 27 heavy (non-hydrogen) atoms. The summed E-state index contributed by atoms with van der Waals surface area (Å²) in [7, 11) is 0. The zero-order valence-corrected chi connectivity index (χ0v) is 16.4. The molecule has 1 aliphatic heterocycles. The molecule has 1 aromatic carbocycles. The second-order valence-corrected chi connectivity index (χ2v) is 7.27. The molecule has 0 unspecified atom stereocenters. The third kappa shape index (κ3) is 5.58. The second-order valence-electron chi connectivity index (χ2n) is 6.86. The van der Waals surface area contributed by atoms with Crippen molar-refractivity contribution in [2.45, 2.75) is 26.5 Å². The number of halogens is 1. The molecule has 0 aliphatic carbocycles. The summed E-state index contributed by atoms with van der Waals surface area (Å²) >= 11 is 6.24. The van der Waals surface area contributed by atoms with E-state index < -0.39 is 0 Å². The molecular weight excluding hydrogens is 364 g/mol. The zero-order valence-electron chi connectivity index (χ0n) is 15.7. The first-order valence-electron chi connectivity index (χ1n) is 9.14. The lowest BCUT2D eigenvalue weighted by molar-refractivity contribution is 0.143. The smallest absolute Gasteiger partial charge is 0.321 e. The van der Waals surface area contributed by atoms with Gasteiger partial charge in [0, 0.05) is 50.8 Å². The summed E-state index contributed by atoms with van der Waals surface area (Å²) < 4.78 is 5.62. The van der Waals surface area contributed by atoms with Crippen molar-refractivity contribution >= 4 is 23.3 Å². The number of benzene rings is 1. The van der Waals surface area contributed by atoms with Crippen LogP contribution in [0.4, 0.5) is 10.5 Å². The van der Waals surface area contributed by atoms with Crippen LogP contribution in [-0.2, 0) is 6.54 Å². The molecule has 1 N–H and O–H groups in total. The number of nitrogens with zero attached hydrogens (tertiary/aromatic N) is 3. The van der Waals surface area contributed by atoms with Gasteiger partial charge >= 0.3 is 6.03 Å². The molecule has 0 saturated carbocycles. The number of carbonyl (C=O) groups excluding carboxylic acids is 1. The minimum absolute atomic E-state index is 0.0476. The van der Waals surface area contributed by atoms with Crippen molar-refractivity contribution in [1.29, 1.82) is 0 Å². The van der Waals surface area contributed by atoms with Crippen LogP contribution in [0.5, 0.6) is 5.75 Å². The number of urea groups is 1. The van der Waals surface area contributed by atoms with Gasteiger partial charge in [-0.05, 0) is 49.7 Å². The third-order valence-corrected chi connectivity index (χ3v) is 4.66. The molecule has 1 aliphatic rings. The molecule has 144 valence electrons. The Balaban J connectivity index is 1.50. The van der Waals surface area contributed by atoms with Gasteiger partial charge in [0.15, 0.2) is 0 Å². The number of hydrogen-bond donors (Lipinski definition) is 1. The van der Waals surface area contributed by atoms with E-state index in [0.29, 0.717) is 29.5 Å². The first-order chi connectivity index (χ1) is 13.0. The number of carbonyl (C=O) groups is 1. The molecule has 0 spiro atoms. The molecule has 0 radical (unpaired) electrons. The number of anilines is 1. The molecule has 1 aromatic heterocycles. The third-order valence-electron chi connectivity index (χ3n) is 4.36. The number of ether oxygens (including phenoxy) is 1. The maximum Gasteiger partial charge on any atom is 0.321 e. The van der Waals surface area contributed by atoms with E-state index in [9.17, 15) is 4.79 Å². The lowest BCUT2D eigenvalue weighted by Crippen LogP contribution is -2.49. The monoisotopic (exact) mass is 388 g/mol. The Kier molecular flexibility index (Phi) is 6.53. The van der Waals surface area contributed by atoms with Crippen molar-refractivity contribution in [3.8, 4) is 5.75 Å². The van der Waals surface area contributed by atoms with Gasteiger partial charge in [-0.3, -0.25) is 9.88 Å². The lowest BCUT2D eigenvalue weighted by atomic mass is 10.2. The SMILES string of the molecule is CC(C)Oc1ccc(NC(=O)N2CCN(Cc3ccncc3)CC2)cc1Cl. The quantitative estimate of drug-likeness (QED) is 0.844. The minimum Gasteiger partial charge on any atom is -0.489 e. The van der Waals surface area contributed by atoms with Crippen LogP contribution in [0.2, 0.25) is 5.02 Å². The van der Waals surface area contributed by atoms with Crippen LogP contribution in [0.1, 0.15) is 19.4 Å². The number of rotatable bonds is 5. The van der Waals surface area contributed by atoms with Crippen LogP contribution >= 0.6 is 11.6 Å². The van der Waals surface area contributed by atoms with E-state index in [-0.39, 0.29) is 12.1 Å². The fraction of sp³-hybridized carbons (Fsp3) is 0.400. The number of pyridine rings is 1. The molecular formula is C20H25ClN4O2. The standard InChI is InChI=1S/C20H25ClN4O2/c1-15(2)27-19-4-3-17(13-18(19)21)23-20(26)25-11-9-24(10-12-25)14-16-5-7-22-8-6-16/h3-8,13,15H,9-12,14H2,1-2H3,(H,23,26). The number of amides is 2. The van der Waals surface area contributed by atoms with Gasteiger partial charge in [0.2, 0.25) is 0 Å². The molecule has 0 bridgehead atoms. The Morgan fingerprint density at radius 1 is 1.19 bits per heavy atom. The van der Waals surface area contributed by atoms with Crippen LogP contribution in [0.3, 0.4) is 0 Å². The molecule has 1 saturated heterocycles. The average Bonchev–Trinajstić information content (AvgIpc) is 2.65. The highest BCUT2D eigenvalue weighted by molar-refractivity contribution is 6.32.